The van der Waals surface area contributed by atoms with Crippen LogP contribution in [-0.2, 0) is 13.1 Å². The highest BCUT2D eigenvalue weighted by atomic mass is 19.1. The Morgan fingerprint density at radius 3 is 2.70 bits per heavy atom. The molecule has 0 aliphatic rings. The molecule has 0 aliphatic heterocycles. The van der Waals surface area contributed by atoms with Crippen LogP contribution in [0.25, 0.3) is 21.9 Å². The van der Waals surface area contributed by atoms with Gasteiger partial charge in [0.05, 0.1) is 18.4 Å². The molecule has 0 unspecified atom stereocenters. The van der Waals surface area contributed by atoms with Gasteiger partial charge in [-0.2, -0.15) is 4.98 Å². The third-order valence-corrected chi connectivity index (χ3v) is 4.95. The van der Waals surface area contributed by atoms with Gasteiger partial charge in [0.15, 0.2) is 5.82 Å². The van der Waals surface area contributed by atoms with Gasteiger partial charge in [0.2, 0.25) is 5.89 Å². The van der Waals surface area contributed by atoms with Gasteiger partial charge in [0, 0.05) is 10.9 Å². The third-order valence-electron chi connectivity index (χ3n) is 4.95. The first-order valence-electron chi connectivity index (χ1n) is 9.21. The van der Waals surface area contributed by atoms with Crippen molar-refractivity contribution in [3.05, 3.63) is 88.1 Å². The van der Waals surface area contributed by atoms with E-state index in [1.165, 1.54) is 29.1 Å². The Balaban J connectivity index is 1.75. The van der Waals surface area contributed by atoms with Gasteiger partial charge in [0.1, 0.15) is 29.2 Å². The van der Waals surface area contributed by atoms with Crippen LogP contribution in [-0.4, -0.2) is 24.3 Å². The SMILES string of the molecule is Cc1noc(Cn2cnc3c4cc(F)ccc4n(Cc4ccccc4F)c3c2=O)n1. The van der Waals surface area contributed by atoms with E-state index in [1.54, 1.807) is 35.8 Å². The molecule has 7 nitrogen and oxygen atoms in total. The molecular weight excluding hydrogens is 392 g/mol. The summed E-state index contributed by atoms with van der Waals surface area (Å²) in [7, 11) is 0. The minimum absolute atomic E-state index is 0.0399. The Morgan fingerprint density at radius 2 is 1.93 bits per heavy atom. The van der Waals surface area contributed by atoms with E-state index in [2.05, 4.69) is 15.1 Å². The van der Waals surface area contributed by atoms with Crippen LogP contribution in [0, 0.1) is 18.6 Å². The molecule has 0 spiro atoms. The summed E-state index contributed by atoms with van der Waals surface area (Å²) in [6.45, 7) is 1.81. The molecule has 5 aromatic rings. The van der Waals surface area contributed by atoms with Crippen molar-refractivity contribution in [2.24, 2.45) is 0 Å². The Hall–Kier alpha value is -3.88. The van der Waals surface area contributed by atoms with Crippen molar-refractivity contribution in [2.45, 2.75) is 20.0 Å². The van der Waals surface area contributed by atoms with E-state index < -0.39 is 5.82 Å². The lowest BCUT2D eigenvalue weighted by molar-refractivity contribution is 0.366. The molecule has 3 heterocycles. The number of hydrogen-bond donors (Lipinski definition) is 0. The molecule has 150 valence electrons. The standard InChI is InChI=1S/C21H15F2N5O2/c1-12-25-18(30-26-12)10-27-11-24-19-15-8-14(22)6-7-17(15)28(20(19)21(27)29)9-13-4-2-3-5-16(13)23/h2-8,11H,9-10H2,1H3. The third kappa shape index (κ3) is 2.95. The molecule has 30 heavy (non-hydrogen) atoms. The lowest BCUT2D eigenvalue weighted by Gasteiger charge is -2.09. The van der Waals surface area contributed by atoms with E-state index in [0.29, 0.717) is 27.8 Å². The van der Waals surface area contributed by atoms with Crippen molar-refractivity contribution in [2.75, 3.05) is 0 Å². The van der Waals surface area contributed by atoms with Gasteiger partial charge in [-0.15, -0.1) is 0 Å². The lowest BCUT2D eigenvalue weighted by atomic mass is 10.2. The van der Waals surface area contributed by atoms with Gasteiger partial charge in [-0.1, -0.05) is 23.4 Å². The summed E-state index contributed by atoms with van der Waals surface area (Å²) in [5, 5.41) is 4.21. The zero-order valence-corrected chi connectivity index (χ0v) is 15.8. The molecule has 0 saturated heterocycles. The number of nitrogens with zero attached hydrogens (tertiary/aromatic N) is 5. The zero-order chi connectivity index (χ0) is 20.8. The first-order valence-corrected chi connectivity index (χ1v) is 9.21. The minimum Gasteiger partial charge on any atom is -0.337 e. The molecule has 0 N–H and O–H groups in total. The fraction of sp³-hybridized carbons (Fsp3) is 0.143. The minimum atomic E-state index is -0.445. The van der Waals surface area contributed by atoms with Gasteiger partial charge in [-0.05, 0) is 31.2 Å². The Kier molecular flexibility index (Phi) is 4.16. The van der Waals surface area contributed by atoms with Crippen LogP contribution in [0.4, 0.5) is 8.78 Å². The van der Waals surface area contributed by atoms with Crippen molar-refractivity contribution in [3.8, 4) is 0 Å². The second-order valence-electron chi connectivity index (χ2n) is 6.95. The monoisotopic (exact) mass is 407 g/mol. The lowest BCUT2D eigenvalue weighted by Crippen LogP contribution is -2.23. The molecule has 0 amide bonds. The van der Waals surface area contributed by atoms with Gasteiger partial charge < -0.3 is 9.09 Å². The number of aryl methyl sites for hydroxylation is 1. The predicted molar refractivity (Wildman–Crippen MR) is 105 cm³/mol. The first kappa shape index (κ1) is 18.2. The maximum absolute atomic E-state index is 14.3. The zero-order valence-electron chi connectivity index (χ0n) is 15.8. The van der Waals surface area contributed by atoms with Crippen LogP contribution in [0.5, 0.6) is 0 Å². The van der Waals surface area contributed by atoms with E-state index in [9.17, 15) is 13.6 Å². The molecule has 0 saturated carbocycles. The van der Waals surface area contributed by atoms with Crippen LogP contribution in [0.1, 0.15) is 17.3 Å². The Bertz CT molecular complexity index is 1470. The quantitative estimate of drug-likeness (QED) is 0.456. The van der Waals surface area contributed by atoms with Crippen LogP contribution in [0.2, 0.25) is 0 Å². The number of hydrogen-bond acceptors (Lipinski definition) is 5. The maximum atomic E-state index is 14.3. The molecule has 9 heteroatoms. The van der Waals surface area contributed by atoms with E-state index in [-0.39, 0.29) is 35.9 Å². The summed E-state index contributed by atoms with van der Waals surface area (Å²) in [5.41, 5.74) is 1.22. The highest BCUT2D eigenvalue weighted by Crippen LogP contribution is 2.27. The molecule has 0 bridgehead atoms. The number of halogens is 2. The highest BCUT2D eigenvalue weighted by Gasteiger charge is 2.19. The Labute approximate surface area is 168 Å². The smallest absolute Gasteiger partial charge is 0.278 e. The van der Waals surface area contributed by atoms with Crippen LogP contribution in [0.3, 0.4) is 0 Å². The van der Waals surface area contributed by atoms with Crippen molar-refractivity contribution in [3.63, 3.8) is 0 Å². The fourth-order valence-corrected chi connectivity index (χ4v) is 3.60. The number of aromatic nitrogens is 5. The van der Waals surface area contributed by atoms with Gasteiger partial charge in [-0.25, -0.2) is 13.8 Å². The van der Waals surface area contributed by atoms with Gasteiger partial charge >= 0.3 is 0 Å². The Morgan fingerprint density at radius 1 is 1.10 bits per heavy atom. The topological polar surface area (TPSA) is 78.7 Å². The molecule has 5 rings (SSSR count). The first-order chi connectivity index (χ1) is 14.5. The predicted octanol–water partition coefficient (Wildman–Crippen LogP) is 3.42. The summed E-state index contributed by atoms with van der Waals surface area (Å²) in [6.07, 6.45) is 1.36. The average Bonchev–Trinajstić information content (AvgIpc) is 3.27. The van der Waals surface area contributed by atoms with E-state index in [1.807, 2.05) is 0 Å². The number of benzene rings is 2. The molecule has 0 aliphatic carbocycles. The van der Waals surface area contributed by atoms with Crippen molar-refractivity contribution in [1.82, 2.24) is 24.3 Å². The summed E-state index contributed by atoms with van der Waals surface area (Å²) in [4.78, 5) is 21.8. The summed E-state index contributed by atoms with van der Waals surface area (Å²) in [5.74, 6) is -0.116. The van der Waals surface area contributed by atoms with E-state index >= 15 is 0 Å². The van der Waals surface area contributed by atoms with Crippen molar-refractivity contribution in [1.29, 1.82) is 0 Å². The molecule has 3 aromatic heterocycles. The molecule has 0 fully saturated rings. The average molecular weight is 407 g/mol. The molecule has 0 atom stereocenters. The summed E-state index contributed by atoms with van der Waals surface area (Å²) in [6, 6.07) is 10.5. The summed E-state index contributed by atoms with van der Waals surface area (Å²) < 4.78 is 36.3. The number of rotatable bonds is 4. The molecule has 2 aromatic carbocycles. The van der Waals surface area contributed by atoms with Crippen LogP contribution >= 0.6 is 0 Å². The second-order valence-corrected chi connectivity index (χ2v) is 6.95. The highest BCUT2D eigenvalue weighted by molar-refractivity contribution is 6.05. The van der Waals surface area contributed by atoms with Crippen LogP contribution in [0.15, 0.2) is 58.1 Å². The van der Waals surface area contributed by atoms with Gasteiger partial charge in [-0.3, -0.25) is 9.36 Å². The number of fused-ring (bicyclic) bond motifs is 3. The molecule has 0 radical (unpaired) electrons. The van der Waals surface area contributed by atoms with Crippen molar-refractivity contribution < 1.29 is 13.3 Å². The second kappa shape index (κ2) is 6.87. The molecular formula is C21H15F2N5O2. The van der Waals surface area contributed by atoms with Crippen molar-refractivity contribution >= 4 is 21.9 Å². The maximum Gasteiger partial charge on any atom is 0.278 e. The summed E-state index contributed by atoms with van der Waals surface area (Å²) >= 11 is 0. The normalized spacial score (nSPS) is 11.6. The fourth-order valence-electron chi connectivity index (χ4n) is 3.60. The van der Waals surface area contributed by atoms with E-state index in [4.69, 9.17) is 4.52 Å². The largest absolute Gasteiger partial charge is 0.337 e. The van der Waals surface area contributed by atoms with Crippen LogP contribution < -0.4 is 5.56 Å². The van der Waals surface area contributed by atoms with Gasteiger partial charge in [0.25, 0.3) is 5.56 Å². The van der Waals surface area contributed by atoms with E-state index in [0.717, 1.165) is 0 Å².